The molecule has 0 atom stereocenters. The van der Waals surface area contributed by atoms with Gasteiger partial charge >= 0.3 is 0 Å². The Hall–Kier alpha value is -1.06. The van der Waals surface area contributed by atoms with Gasteiger partial charge in [0.2, 0.25) is 0 Å². The van der Waals surface area contributed by atoms with Gasteiger partial charge in [0, 0.05) is 12.5 Å². The fourth-order valence-electron chi connectivity index (χ4n) is 1.99. The van der Waals surface area contributed by atoms with Crippen molar-refractivity contribution in [3.8, 4) is 0 Å². The summed E-state index contributed by atoms with van der Waals surface area (Å²) >= 11 is 6.20. The molecule has 16 heavy (non-hydrogen) atoms. The first-order chi connectivity index (χ1) is 7.65. The number of rotatable bonds is 3. The van der Waals surface area contributed by atoms with Crippen LogP contribution in [0.15, 0.2) is 18.2 Å². The minimum atomic E-state index is 0.105. The molecule has 0 aliphatic heterocycles. The lowest BCUT2D eigenvalue weighted by atomic mass is 10.3. The van der Waals surface area contributed by atoms with Gasteiger partial charge in [-0.05, 0) is 26.0 Å². The lowest BCUT2D eigenvalue weighted by molar-refractivity contribution is 0.294. The number of hydrogen-bond donors (Lipinski definition) is 1. The molecule has 1 aromatic carbocycles. The second kappa shape index (κ2) is 4.44. The smallest absolute Gasteiger partial charge is 0.112 e. The highest BCUT2D eigenvalue weighted by atomic mass is 35.5. The van der Waals surface area contributed by atoms with Gasteiger partial charge in [-0.15, -0.1) is 0 Å². The highest BCUT2D eigenvalue weighted by Crippen LogP contribution is 2.27. The molecule has 0 aliphatic rings. The van der Waals surface area contributed by atoms with Gasteiger partial charge in [0.25, 0.3) is 0 Å². The van der Waals surface area contributed by atoms with Crippen LogP contribution in [0.5, 0.6) is 0 Å². The van der Waals surface area contributed by atoms with E-state index in [4.69, 9.17) is 16.7 Å². The van der Waals surface area contributed by atoms with E-state index < -0.39 is 0 Å². The van der Waals surface area contributed by atoms with Crippen molar-refractivity contribution in [3.63, 3.8) is 0 Å². The average Bonchev–Trinajstić information content (AvgIpc) is 2.58. The van der Waals surface area contributed by atoms with E-state index in [9.17, 15) is 0 Å². The summed E-state index contributed by atoms with van der Waals surface area (Å²) in [5.41, 5.74) is 1.85. The largest absolute Gasteiger partial charge is 0.396 e. The van der Waals surface area contributed by atoms with E-state index in [1.54, 1.807) is 0 Å². The third-order valence-electron chi connectivity index (χ3n) is 2.59. The highest BCUT2D eigenvalue weighted by molar-refractivity contribution is 6.35. The quantitative estimate of drug-likeness (QED) is 0.893. The molecule has 0 unspecified atom stereocenters. The number of hydrogen-bond acceptors (Lipinski definition) is 2. The van der Waals surface area contributed by atoms with Crippen molar-refractivity contribution in [3.05, 3.63) is 29.0 Å². The maximum Gasteiger partial charge on any atom is 0.112 e. The number of imidazole rings is 1. The van der Waals surface area contributed by atoms with Gasteiger partial charge in [-0.1, -0.05) is 17.7 Å². The third-order valence-corrected chi connectivity index (χ3v) is 2.89. The van der Waals surface area contributed by atoms with Crippen molar-refractivity contribution >= 4 is 22.6 Å². The predicted molar refractivity (Wildman–Crippen MR) is 65.9 cm³/mol. The molecule has 2 aromatic rings. The zero-order valence-electron chi connectivity index (χ0n) is 9.44. The first-order valence-electron chi connectivity index (χ1n) is 5.41. The van der Waals surface area contributed by atoms with Crippen LogP contribution in [-0.2, 0) is 6.42 Å². The van der Waals surface area contributed by atoms with Crippen molar-refractivity contribution in [1.82, 2.24) is 9.55 Å². The molecule has 2 rings (SSSR count). The van der Waals surface area contributed by atoms with Crippen LogP contribution in [0, 0.1) is 0 Å². The van der Waals surface area contributed by atoms with Crippen LogP contribution >= 0.6 is 11.6 Å². The van der Waals surface area contributed by atoms with E-state index >= 15 is 0 Å². The van der Waals surface area contributed by atoms with Crippen molar-refractivity contribution < 1.29 is 5.11 Å². The van der Waals surface area contributed by atoms with Crippen LogP contribution in [0.2, 0.25) is 5.02 Å². The van der Waals surface area contributed by atoms with Crippen LogP contribution in [0.25, 0.3) is 11.0 Å². The second-order valence-corrected chi connectivity index (χ2v) is 4.48. The van der Waals surface area contributed by atoms with Crippen molar-refractivity contribution in [1.29, 1.82) is 0 Å². The maximum absolute atomic E-state index is 9.03. The Kier molecular flexibility index (Phi) is 3.17. The van der Waals surface area contributed by atoms with Gasteiger partial charge in [-0.25, -0.2) is 4.98 Å². The third kappa shape index (κ3) is 1.81. The molecule has 0 fully saturated rings. The van der Waals surface area contributed by atoms with E-state index in [0.717, 1.165) is 16.9 Å². The molecule has 3 nitrogen and oxygen atoms in total. The molecule has 1 N–H and O–H groups in total. The Morgan fingerprint density at radius 1 is 1.44 bits per heavy atom. The number of nitrogens with zero attached hydrogens (tertiary/aromatic N) is 2. The molecular formula is C12H15ClN2O. The molecule has 86 valence electrons. The van der Waals surface area contributed by atoms with E-state index in [1.165, 1.54) is 0 Å². The van der Waals surface area contributed by atoms with Crippen molar-refractivity contribution in [2.75, 3.05) is 6.61 Å². The first-order valence-corrected chi connectivity index (χ1v) is 5.79. The Morgan fingerprint density at radius 3 is 2.81 bits per heavy atom. The van der Waals surface area contributed by atoms with Gasteiger partial charge in [0.05, 0.1) is 22.7 Å². The number of para-hydroxylation sites is 1. The van der Waals surface area contributed by atoms with E-state index in [-0.39, 0.29) is 12.6 Å². The zero-order valence-corrected chi connectivity index (χ0v) is 10.2. The van der Waals surface area contributed by atoms with Crippen LogP contribution in [-0.4, -0.2) is 21.3 Å². The van der Waals surface area contributed by atoms with Gasteiger partial charge in [-0.3, -0.25) is 0 Å². The fourth-order valence-corrected chi connectivity index (χ4v) is 2.25. The minimum Gasteiger partial charge on any atom is -0.396 e. The Labute approximate surface area is 99.7 Å². The number of halogens is 1. The predicted octanol–water partition coefficient (Wildman–Crippen LogP) is 2.81. The molecule has 0 amide bonds. The zero-order chi connectivity index (χ0) is 11.7. The van der Waals surface area contributed by atoms with Crippen LogP contribution in [0.4, 0.5) is 0 Å². The van der Waals surface area contributed by atoms with Gasteiger partial charge in [0.15, 0.2) is 0 Å². The normalized spacial score (nSPS) is 11.6. The number of aromatic nitrogens is 2. The highest BCUT2D eigenvalue weighted by Gasteiger charge is 2.14. The molecular weight excluding hydrogens is 224 g/mol. The minimum absolute atomic E-state index is 0.105. The monoisotopic (exact) mass is 238 g/mol. The molecule has 1 heterocycles. The standard InChI is InChI=1S/C12H15ClN2O/c1-8(2)15-11(6-7-16)14-10-5-3-4-9(13)12(10)15/h3-5,8,16H,6-7H2,1-2H3. The summed E-state index contributed by atoms with van der Waals surface area (Å²) in [6.45, 7) is 4.28. The lowest BCUT2D eigenvalue weighted by Crippen LogP contribution is -2.08. The first kappa shape index (κ1) is 11.4. The molecule has 4 heteroatoms. The molecule has 0 spiro atoms. The van der Waals surface area contributed by atoms with Gasteiger partial charge in [0.1, 0.15) is 5.82 Å². The Morgan fingerprint density at radius 2 is 2.19 bits per heavy atom. The number of benzene rings is 1. The summed E-state index contributed by atoms with van der Waals surface area (Å²) in [4.78, 5) is 4.50. The number of aliphatic hydroxyl groups is 1. The SMILES string of the molecule is CC(C)n1c(CCO)nc2cccc(Cl)c21. The maximum atomic E-state index is 9.03. The molecule has 0 bridgehead atoms. The number of fused-ring (bicyclic) bond motifs is 1. The summed E-state index contributed by atoms with van der Waals surface area (Å²) in [6, 6.07) is 5.99. The van der Waals surface area contributed by atoms with Crippen molar-refractivity contribution in [2.24, 2.45) is 0 Å². The summed E-state index contributed by atoms with van der Waals surface area (Å²) in [5.74, 6) is 0.889. The Balaban J connectivity index is 2.72. The van der Waals surface area contributed by atoms with Crippen LogP contribution < -0.4 is 0 Å². The number of aliphatic hydroxyl groups excluding tert-OH is 1. The van der Waals surface area contributed by atoms with Crippen LogP contribution in [0.1, 0.15) is 25.7 Å². The average molecular weight is 239 g/mol. The van der Waals surface area contributed by atoms with E-state index in [1.807, 2.05) is 18.2 Å². The molecule has 1 aromatic heterocycles. The second-order valence-electron chi connectivity index (χ2n) is 4.07. The van der Waals surface area contributed by atoms with Gasteiger partial charge in [-0.2, -0.15) is 0 Å². The van der Waals surface area contributed by atoms with Crippen molar-refractivity contribution in [2.45, 2.75) is 26.3 Å². The van der Waals surface area contributed by atoms with E-state index in [2.05, 4.69) is 23.4 Å². The fraction of sp³-hybridized carbons (Fsp3) is 0.417. The van der Waals surface area contributed by atoms with Crippen LogP contribution in [0.3, 0.4) is 0 Å². The topological polar surface area (TPSA) is 38.0 Å². The Bertz CT molecular complexity index is 505. The molecule has 0 saturated heterocycles. The molecule has 0 aliphatic carbocycles. The summed E-state index contributed by atoms with van der Waals surface area (Å²) < 4.78 is 2.09. The van der Waals surface area contributed by atoms with E-state index in [0.29, 0.717) is 11.4 Å². The molecule has 0 radical (unpaired) electrons. The summed E-state index contributed by atoms with van der Waals surface area (Å²) in [7, 11) is 0. The lowest BCUT2D eigenvalue weighted by Gasteiger charge is -2.13. The summed E-state index contributed by atoms with van der Waals surface area (Å²) in [6.07, 6.45) is 0.559. The van der Waals surface area contributed by atoms with Gasteiger partial charge < -0.3 is 9.67 Å². The summed E-state index contributed by atoms with van der Waals surface area (Å²) in [5, 5.41) is 9.75. The molecule has 0 saturated carbocycles.